The van der Waals surface area contributed by atoms with Gasteiger partial charge in [0.1, 0.15) is 10.7 Å². The predicted octanol–water partition coefficient (Wildman–Crippen LogP) is 4.08. The Labute approximate surface area is 140 Å². The first-order chi connectivity index (χ1) is 10.7. The Morgan fingerprint density at radius 3 is 2.73 bits per heavy atom. The molecule has 3 nitrogen and oxygen atoms in total. The number of terminal acetylenes is 1. The SMILES string of the molecule is C#CCn1c(CC)nc2scc(-c3ccc(Br)cc3)c2c1=O. The zero-order chi connectivity index (χ0) is 15.7. The lowest BCUT2D eigenvalue weighted by atomic mass is 10.1. The van der Waals surface area contributed by atoms with Gasteiger partial charge < -0.3 is 0 Å². The molecule has 0 amide bonds. The summed E-state index contributed by atoms with van der Waals surface area (Å²) < 4.78 is 2.60. The van der Waals surface area contributed by atoms with E-state index in [0.717, 1.165) is 26.3 Å². The van der Waals surface area contributed by atoms with Gasteiger partial charge >= 0.3 is 0 Å². The lowest BCUT2D eigenvalue weighted by molar-refractivity contribution is 0.712. The highest BCUT2D eigenvalue weighted by Crippen LogP contribution is 2.31. The molecule has 0 saturated heterocycles. The third kappa shape index (κ3) is 2.49. The number of hydrogen-bond donors (Lipinski definition) is 0. The van der Waals surface area contributed by atoms with Crippen molar-refractivity contribution < 1.29 is 0 Å². The molecular weight excluding hydrogens is 360 g/mol. The van der Waals surface area contributed by atoms with Crippen molar-refractivity contribution in [1.82, 2.24) is 9.55 Å². The van der Waals surface area contributed by atoms with Crippen LogP contribution in [0.1, 0.15) is 12.7 Å². The molecule has 0 aliphatic rings. The van der Waals surface area contributed by atoms with Crippen LogP contribution < -0.4 is 5.56 Å². The lowest BCUT2D eigenvalue weighted by Gasteiger charge is -2.08. The Balaban J connectivity index is 2.31. The van der Waals surface area contributed by atoms with Crippen molar-refractivity contribution in [3.05, 3.63) is 50.3 Å². The van der Waals surface area contributed by atoms with Crippen LogP contribution in [0.3, 0.4) is 0 Å². The summed E-state index contributed by atoms with van der Waals surface area (Å²) in [5, 5.41) is 2.64. The smallest absolute Gasteiger partial charge is 0.263 e. The van der Waals surface area contributed by atoms with Gasteiger partial charge in [-0.1, -0.05) is 40.9 Å². The second kappa shape index (κ2) is 6.07. The molecule has 0 bridgehead atoms. The molecule has 3 aromatic rings. The number of rotatable bonds is 3. The molecule has 0 atom stereocenters. The highest BCUT2D eigenvalue weighted by atomic mass is 79.9. The largest absolute Gasteiger partial charge is 0.284 e. The third-order valence-corrected chi connectivity index (χ3v) is 4.89. The molecule has 2 heterocycles. The normalized spacial score (nSPS) is 10.8. The van der Waals surface area contributed by atoms with E-state index in [9.17, 15) is 4.79 Å². The maximum atomic E-state index is 12.8. The van der Waals surface area contributed by atoms with E-state index in [0.29, 0.717) is 11.8 Å². The van der Waals surface area contributed by atoms with Crippen molar-refractivity contribution in [1.29, 1.82) is 0 Å². The van der Waals surface area contributed by atoms with Crippen LogP contribution in [0.2, 0.25) is 0 Å². The van der Waals surface area contributed by atoms with Gasteiger partial charge in [-0.3, -0.25) is 9.36 Å². The molecule has 2 aromatic heterocycles. The quantitative estimate of drug-likeness (QED) is 0.649. The summed E-state index contributed by atoms with van der Waals surface area (Å²) in [7, 11) is 0. The minimum atomic E-state index is -0.0565. The summed E-state index contributed by atoms with van der Waals surface area (Å²) in [6.45, 7) is 2.23. The van der Waals surface area contributed by atoms with Crippen LogP contribution in [0, 0.1) is 12.3 Å². The lowest BCUT2D eigenvalue weighted by Crippen LogP contribution is -2.24. The van der Waals surface area contributed by atoms with E-state index in [4.69, 9.17) is 6.42 Å². The molecule has 0 unspecified atom stereocenters. The van der Waals surface area contributed by atoms with Crippen molar-refractivity contribution in [3.63, 3.8) is 0 Å². The van der Waals surface area contributed by atoms with Crippen molar-refractivity contribution >= 4 is 37.5 Å². The number of nitrogens with zero attached hydrogens (tertiary/aromatic N) is 2. The Kier molecular flexibility index (Phi) is 4.14. The van der Waals surface area contributed by atoms with E-state index < -0.39 is 0 Å². The second-order valence-corrected chi connectivity index (χ2v) is 6.59. The van der Waals surface area contributed by atoms with Crippen LogP contribution in [0.5, 0.6) is 0 Å². The van der Waals surface area contributed by atoms with Crippen LogP contribution in [0.25, 0.3) is 21.3 Å². The highest BCUT2D eigenvalue weighted by Gasteiger charge is 2.15. The van der Waals surface area contributed by atoms with Crippen molar-refractivity contribution in [2.75, 3.05) is 0 Å². The van der Waals surface area contributed by atoms with E-state index in [1.54, 1.807) is 4.57 Å². The molecule has 0 aliphatic carbocycles. The second-order valence-electron chi connectivity index (χ2n) is 4.81. The molecule has 22 heavy (non-hydrogen) atoms. The summed E-state index contributed by atoms with van der Waals surface area (Å²) >= 11 is 4.92. The first-order valence-corrected chi connectivity index (χ1v) is 8.53. The molecule has 0 aliphatic heterocycles. The Morgan fingerprint density at radius 1 is 1.36 bits per heavy atom. The maximum Gasteiger partial charge on any atom is 0.263 e. The molecular formula is C17H13BrN2OS. The van der Waals surface area contributed by atoms with Crippen molar-refractivity contribution in [3.8, 4) is 23.5 Å². The van der Waals surface area contributed by atoms with E-state index in [2.05, 4.69) is 26.8 Å². The summed E-state index contributed by atoms with van der Waals surface area (Å²) in [5.74, 6) is 3.28. The maximum absolute atomic E-state index is 12.8. The van der Waals surface area contributed by atoms with E-state index in [-0.39, 0.29) is 12.1 Å². The average molecular weight is 373 g/mol. The summed E-state index contributed by atoms with van der Waals surface area (Å²) in [4.78, 5) is 18.2. The monoisotopic (exact) mass is 372 g/mol. The molecule has 0 radical (unpaired) electrons. The Bertz CT molecular complexity index is 932. The molecule has 0 fully saturated rings. The molecule has 0 spiro atoms. The summed E-state index contributed by atoms with van der Waals surface area (Å²) in [6.07, 6.45) is 6.08. The fourth-order valence-corrected chi connectivity index (χ4v) is 3.65. The molecule has 3 rings (SSSR count). The van der Waals surface area contributed by atoms with Gasteiger partial charge in [0.15, 0.2) is 0 Å². The average Bonchev–Trinajstić information content (AvgIpc) is 2.95. The molecule has 110 valence electrons. The molecule has 1 aromatic carbocycles. The highest BCUT2D eigenvalue weighted by molar-refractivity contribution is 9.10. The first-order valence-electron chi connectivity index (χ1n) is 6.86. The van der Waals surface area contributed by atoms with Gasteiger partial charge in [0.05, 0.1) is 11.9 Å². The summed E-state index contributed by atoms with van der Waals surface area (Å²) in [6, 6.07) is 7.91. The van der Waals surface area contributed by atoms with Crippen LogP contribution in [0.15, 0.2) is 38.9 Å². The predicted molar refractivity (Wildman–Crippen MR) is 95.2 cm³/mol. The Morgan fingerprint density at radius 2 is 2.09 bits per heavy atom. The fourth-order valence-electron chi connectivity index (χ4n) is 2.43. The van der Waals surface area contributed by atoms with Crippen LogP contribution in [-0.4, -0.2) is 9.55 Å². The summed E-state index contributed by atoms with van der Waals surface area (Å²) in [5.41, 5.74) is 1.86. The number of hydrogen-bond acceptors (Lipinski definition) is 3. The van der Waals surface area contributed by atoms with E-state index in [1.165, 1.54) is 11.3 Å². The minimum Gasteiger partial charge on any atom is -0.284 e. The van der Waals surface area contributed by atoms with Gasteiger partial charge in [-0.15, -0.1) is 17.8 Å². The van der Waals surface area contributed by atoms with Gasteiger partial charge in [-0.2, -0.15) is 0 Å². The number of aromatic nitrogens is 2. The van der Waals surface area contributed by atoms with E-state index in [1.807, 2.05) is 36.6 Å². The number of fused-ring (bicyclic) bond motifs is 1. The minimum absolute atomic E-state index is 0.0565. The zero-order valence-corrected chi connectivity index (χ0v) is 14.4. The van der Waals surface area contributed by atoms with Crippen LogP contribution >= 0.6 is 27.3 Å². The molecule has 5 heteroatoms. The number of aryl methyl sites for hydroxylation is 1. The standard InChI is InChI=1S/C17H13BrN2OS/c1-3-9-20-14(4-2)19-16-15(17(20)21)13(10-22-16)11-5-7-12(18)8-6-11/h1,5-8,10H,4,9H2,2H3. The molecule has 0 N–H and O–H groups in total. The first kappa shape index (κ1) is 15.0. The Hall–Kier alpha value is -1.90. The van der Waals surface area contributed by atoms with Crippen molar-refractivity contribution in [2.24, 2.45) is 0 Å². The van der Waals surface area contributed by atoms with E-state index >= 15 is 0 Å². The van der Waals surface area contributed by atoms with Crippen molar-refractivity contribution in [2.45, 2.75) is 19.9 Å². The topological polar surface area (TPSA) is 34.9 Å². The third-order valence-electron chi connectivity index (χ3n) is 3.49. The van der Waals surface area contributed by atoms with Gasteiger partial charge in [-0.25, -0.2) is 4.98 Å². The number of thiophene rings is 1. The van der Waals surface area contributed by atoms with Gasteiger partial charge in [0.2, 0.25) is 0 Å². The van der Waals surface area contributed by atoms with Gasteiger partial charge in [0, 0.05) is 21.8 Å². The van der Waals surface area contributed by atoms with Gasteiger partial charge in [-0.05, 0) is 17.7 Å². The molecule has 0 saturated carbocycles. The van der Waals surface area contributed by atoms with Crippen LogP contribution in [0.4, 0.5) is 0 Å². The fraction of sp³-hybridized carbons (Fsp3) is 0.176. The number of halogens is 1. The number of benzene rings is 1. The van der Waals surface area contributed by atoms with Crippen LogP contribution in [-0.2, 0) is 13.0 Å². The van der Waals surface area contributed by atoms with Gasteiger partial charge in [0.25, 0.3) is 5.56 Å². The zero-order valence-electron chi connectivity index (χ0n) is 12.0.